The van der Waals surface area contributed by atoms with Gasteiger partial charge in [0.05, 0.1) is 12.2 Å². The molecule has 2 rings (SSSR count). The fraction of sp³-hybridized carbons (Fsp3) is 0.273. The van der Waals surface area contributed by atoms with Gasteiger partial charge in [0.2, 0.25) is 0 Å². The Morgan fingerprint density at radius 2 is 2.11 bits per heavy atom. The molecule has 96 valence electrons. The van der Waals surface area contributed by atoms with Crippen molar-refractivity contribution in [2.75, 3.05) is 11.6 Å². The summed E-state index contributed by atoms with van der Waals surface area (Å²) in [5, 5.41) is 7.05. The van der Waals surface area contributed by atoms with E-state index in [2.05, 4.69) is 15.4 Å². The molecule has 1 N–H and O–H groups in total. The highest BCUT2D eigenvalue weighted by molar-refractivity contribution is 7.90. The molecular weight excluding hydrogens is 252 g/mol. The van der Waals surface area contributed by atoms with Gasteiger partial charge in [0.25, 0.3) is 0 Å². The summed E-state index contributed by atoms with van der Waals surface area (Å²) < 4.78 is 24.9. The number of aromatic nitrogens is 3. The first-order valence-electron chi connectivity index (χ1n) is 5.34. The van der Waals surface area contributed by atoms with E-state index in [1.54, 1.807) is 23.1 Å². The minimum atomic E-state index is -3.28. The maximum absolute atomic E-state index is 11.6. The zero-order valence-electron chi connectivity index (χ0n) is 10.2. The van der Waals surface area contributed by atoms with Gasteiger partial charge in [0.1, 0.15) is 10.7 Å². The van der Waals surface area contributed by atoms with Crippen LogP contribution in [0.1, 0.15) is 5.69 Å². The van der Waals surface area contributed by atoms with E-state index in [4.69, 9.17) is 0 Å². The molecule has 0 spiro atoms. The van der Waals surface area contributed by atoms with Gasteiger partial charge in [-0.15, -0.1) is 0 Å². The van der Waals surface area contributed by atoms with Crippen molar-refractivity contribution >= 4 is 15.7 Å². The number of aryl methyl sites for hydroxylation is 1. The Morgan fingerprint density at radius 3 is 2.72 bits per heavy atom. The van der Waals surface area contributed by atoms with Gasteiger partial charge < -0.3 is 5.32 Å². The molecule has 0 unspecified atom stereocenters. The van der Waals surface area contributed by atoms with Crippen LogP contribution in [0.4, 0.5) is 5.82 Å². The normalized spacial score (nSPS) is 11.4. The highest BCUT2D eigenvalue weighted by atomic mass is 32.2. The van der Waals surface area contributed by atoms with Gasteiger partial charge in [-0.2, -0.15) is 5.10 Å². The molecule has 0 aliphatic carbocycles. The average Bonchev–Trinajstić information content (AvgIpc) is 2.71. The number of nitrogens with zero attached hydrogens (tertiary/aromatic N) is 3. The molecule has 2 aromatic heterocycles. The first kappa shape index (κ1) is 12.6. The lowest BCUT2D eigenvalue weighted by molar-refractivity contribution is 0.601. The number of pyridine rings is 1. The fourth-order valence-electron chi connectivity index (χ4n) is 1.57. The lowest BCUT2D eigenvalue weighted by Crippen LogP contribution is -2.10. The van der Waals surface area contributed by atoms with Crippen LogP contribution in [-0.2, 0) is 23.4 Å². The molecule has 6 nitrogen and oxygen atoms in total. The largest absolute Gasteiger partial charge is 0.363 e. The predicted molar refractivity (Wildman–Crippen MR) is 67.9 cm³/mol. The van der Waals surface area contributed by atoms with E-state index in [9.17, 15) is 8.42 Å². The van der Waals surface area contributed by atoms with E-state index < -0.39 is 9.84 Å². The lowest BCUT2D eigenvalue weighted by atomic mass is 10.4. The van der Waals surface area contributed by atoms with Crippen LogP contribution in [0.25, 0.3) is 0 Å². The van der Waals surface area contributed by atoms with Crippen molar-refractivity contribution < 1.29 is 8.42 Å². The van der Waals surface area contributed by atoms with Crippen LogP contribution in [-0.4, -0.2) is 29.4 Å². The van der Waals surface area contributed by atoms with Crippen molar-refractivity contribution in [3.63, 3.8) is 0 Å². The lowest BCUT2D eigenvalue weighted by Gasteiger charge is -2.09. The third-order valence-electron chi connectivity index (χ3n) is 2.53. The van der Waals surface area contributed by atoms with Crippen LogP contribution in [0, 0.1) is 0 Å². The number of rotatable bonds is 4. The molecule has 18 heavy (non-hydrogen) atoms. The van der Waals surface area contributed by atoms with Crippen LogP contribution in [0.5, 0.6) is 0 Å². The summed E-state index contributed by atoms with van der Waals surface area (Å²) >= 11 is 0. The van der Waals surface area contributed by atoms with Crippen molar-refractivity contribution in [3.8, 4) is 0 Å². The summed E-state index contributed by atoms with van der Waals surface area (Å²) in [7, 11) is -1.46. The van der Waals surface area contributed by atoms with E-state index in [0.29, 0.717) is 12.4 Å². The Bertz CT molecular complexity index is 649. The molecule has 2 heterocycles. The van der Waals surface area contributed by atoms with Crippen molar-refractivity contribution in [1.82, 2.24) is 14.8 Å². The van der Waals surface area contributed by atoms with E-state index in [1.807, 2.05) is 13.1 Å². The minimum absolute atomic E-state index is 0.201. The number of hydrogen-bond acceptors (Lipinski definition) is 5. The summed E-state index contributed by atoms with van der Waals surface area (Å²) in [6, 6.07) is 5.00. The van der Waals surface area contributed by atoms with E-state index in [-0.39, 0.29) is 4.90 Å². The number of nitrogens with one attached hydrogen (secondary N) is 1. The quantitative estimate of drug-likeness (QED) is 0.887. The minimum Gasteiger partial charge on any atom is -0.363 e. The first-order chi connectivity index (χ1) is 8.48. The fourth-order valence-corrected chi connectivity index (χ4v) is 2.37. The molecule has 0 radical (unpaired) electrons. The zero-order chi connectivity index (χ0) is 13.2. The van der Waals surface area contributed by atoms with Crippen LogP contribution < -0.4 is 5.32 Å². The summed E-state index contributed by atoms with van der Waals surface area (Å²) in [5.41, 5.74) is 0.945. The van der Waals surface area contributed by atoms with E-state index in [0.717, 1.165) is 5.69 Å². The third-order valence-corrected chi connectivity index (χ3v) is 3.66. The van der Waals surface area contributed by atoms with Crippen molar-refractivity contribution in [2.45, 2.75) is 11.4 Å². The summed E-state index contributed by atoms with van der Waals surface area (Å²) in [4.78, 5) is 4.26. The Labute approximate surface area is 106 Å². The molecule has 7 heteroatoms. The molecule has 0 aliphatic rings. The average molecular weight is 266 g/mol. The Hall–Kier alpha value is -1.89. The second-order valence-electron chi connectivity index (χ2n) is 3.92. The van der Waals surface area contributed by atoms with Gasteiger partial charge in [-0.1, -0.05) is 0 Å². The van der Waals surface area contributed by atoms with Crippen molar-refractivity contribution in [1.29, 1.82) is 0 Å². The Balaban J connectivity index is 2.23. The molecule has 2 aromatic rings. The second-order valence-corrected chi connectivity index (χ2v) is 5.91. The maximum Gasteiger partial charge on any atom is 0.179 e. The van der Waals surface area contributed by atoms with Crippen molar-refractivity contribution in [2.24, 2.45) is 7.05 Å². The highest BCUT2D eigenvalue weighted by Gasteiger charge is 2.13. The van der Waals surface area contributed by atoms with Gasteiger partial charge in [-0.05, 0) is 18.2 Å². The molecule has 0 aliphatic heterocycles. The van der Waals surface area contributed by atoms with Gasteiger partial charge >= 0.3 is 0 Å². The van der Waals surface area contributed by atoms with Gasteiger partial charge in [0, 0.05) is 25.7 Å². The highest BCUT2D eigenvalue weighted by Crippen LogP contribution is 2.18. The maximum atomic E-state index is 11.6. The standard InChI is InChI=1S/C11H14N4O2S/c1-15-9(5-7-14-15)8-13-11-10(18(2,16)17)4-3-6-12-11/h3-7H,8H2,1-2H3,(H,12,13). The molecule has 0 bridgehead atoms. The monoisotopic (exact) mass is 266 g/mol. The molecule has 0 amide bonds. The van der Waals surface area contributed by atoms with Gasteiger partial charge in [-0.3, -0.25) is 4.68 Å². The number of anilines is 1. The van der Waals surface area contributed by atoms with Crippen molar-refractivity contribution in [3.05, 3.63) is 36.3 Å². The number of hydrogen-bond donors (Lipinski definition) is 1. The smallest absolute Gasteiger partial charge is 0.179 e. The second kappa shape index (κ2) is 4.77. The molecular formula is C11H14N4O2S. The predicted octanol–water partition coefficient (Wildman–Crippen LogP) is 0.831. The van der Waals surface area contributed by atoms with Crippen LogP contribution in [0.2, 0.25) is 0 Å². The van der Waals surface area contributed by atoms with E-state index >= 15 is 0 Å². The number of sulfone groups is 1. The van der Waals surface area contributed by atoms with E-state index in [1.165, 1.54) is 12.3 Å². The first-order valence-corrected chi connectivity index (χ1v) is 7.23. The molecule has 0 aromatic carbocycles. The van der Waals surface area contributed by atoms with Crippen LogP contribution in [0.3, 0.4) is 0 Å². The SMILES string of the molecule is Cn1nccc1CNc1ncccc1S(C)(=O)=O. The Morgan fingerprint density at radius 1 is 1.33 bits per heavy atom. The topological polar surface area (TPSA) is 76.9 Å². The summed E-state index contributed by atoms with van der Waals surface area (Å²) in [6.45, 7) is 0.468. The third kappa shape index (κ3) is 2.67. The molecule has 0 atom stereocenters. The zero-order valence-corrected chi connectivity index (χ0v) is 11.0. The van der Waals surface area contributed by atoms with Gasteiger partial charge in [-0.25, -0.2) is 13.4 Å². The van der Waals surface area contributed by atoms with Crippen LogP contribution in [0.15, 0.2) is 35.5 Å². The summed E-state index contributed by atoms with van der Waals surface area (Å²) in [5.74, 6) is 0.362. The molecule has 0 fully saturated rings. The summed E-state index contributed by atoms with van der Waals surface area (Å²) in [6.07, 6.45) is 4.41. The Kier molecular flexibility index (Phi) is 3.33. The van der Waals surface area contributed by atoms with Crippen LogP contribution >= 0.6 is 0 Å². The molecule has 0 saturated heterocycles. The van der Waals surface area contributed by atoms with Gasteiger partial charge in [0.15, 0.2) is 9.84 Å². The molecule has 0 saturated carbocycles.